The number of hydrogen-bond acceptors (Lipinski definition) is 4. The normalized spacial score (nSPS) is 10.9. The fraction of sp³-hybridized carbons (Fsp3) is 0.400. The fourth-order valence-corrected chi connectivity index (χ4v) is 0.718. The molecule has 0 radical (unpaired) electrons. The molecule has 0 amide bonds. The van der Waals surface area contributed by atoms with Crippen LogP contribution in [0.1, 0.15) is 16.4 Å². The second-order valence-electron chi connectivity index (χ2n) is 2.17. The van der Waals surface area contributed by atoms with E-state index in [1.807, 2.05) is 0 Å². The quantitative estimate of drug-likeness (QED) is 0.437. The monoisotopic (exact) mass is 201 g/mol. The van der Waals surface area contributed by atoms with Crippen molar-refractivity contribution in [2.24, 2.45) is 7.05 Å². The van der Waals surface area contributed by atoms with Crippen LogP contribution in [0.25, 0.3) is 0 Å². The van der Waals surface area contributed by atoms with Gasteiger partial charge in [-0.25, -0.2) is 9.67 Å². The molecule has 0 aliphatic carbocycles. The average Bonchev–Trinajstić information content (AvgIpc) is 2.29. The van der Waals surface area contributed by atoms with E-state index in [0.29, 0.717) is 4.68 Å². The second kappa shape index (κ2) is 4.02. The van der Waals surface area contributed by atoms with Crippen molar-refractivity contribution in [2.45, 2.75) is 6.18 Å². The third kappa shape index (κ3) is 2.49. The molecule has 0 bridgehead atoms. The first-order valence-electron chi connectivity index (χ1n) is 3.02. The molecule has 1 rings (SSSR count). The van der Waals surface area contributed by atoms with Gasteiger partial charge in [0.15, 0.2) is 5.82 Å². The second-order valence-corrected chi connectivity index (χ2v) is 2.17. The molecule has 5 nitrogen and oxygen atoms in total. The molecule has 0 aromatic carbocycles. The van der Waals surface area contributed by atoms with Crippen LogP contribution in [0.15, 0.2) is 0 Å². The van der Waals surface area contributed by atoms with E-state index in [2.05, 4.69) is 10.1 Å². The van der Waals surface area contributed by atoms with Crippen molar-refractivity contribution in [2.75, 3.05) is 0 Å². The van der Waals surface area contributed by atoms with Crippen LogP contribution in [0.3, 0.4) is 0 Å². The summed E-state index contributed by atoms with van der Waals surface area (Å²) in [5.74, 6) is -4.19. The van der Waals surface area contributed by atoms with Gasteiger partial charge >= 0.3 is 25.0 Å². The number of nitrogens with zero attached hydrogens (tertiary/aromatic N) is 3. The van der Waals surface area contributed by atoms with Crippen LogP contribution >= 0.6 is 0 Å². The van der Waals surface area contributed by atoms with Crippen molar-refractivity contribution < 1.29 is 41.9 Å². The van der Waals surface area contributed by atoms with E-state index < -0.39 is 23.8 Å². The summed E-state index contributed by atoms with van der Waals surface area (Å²) in [6.07, 6.45) is -4.71. The fourth-order valence-electron chi connectivity index (χ4n) is 0.718. The van der Waals surface area contributed by atoms with Gasteiger partial charge in [-0.2, -0.15) is 13.2 Å². The third-order valence-corrected chi connectivity index (χ3v) is 1.20. The number of carbonyl (C=O) groups is 1. The van der Waals surface area contributed by atoms with E-state index in [0.717, 1.165) is 7.05 Å². The van der Waals surface area contributed by atoms with Gasteiger partial charge < -0.3 is 9.90 Å². The summed E-state index contributed by atoms with van der Waals surface area (Å²) in [6.45, 7) is 0. The third-order valence-electron chi connectivity index (χ3n) is 1.20. The Bertz CT molecular complexity index is 348. The summed E-state index contributed by atoms with van der Waals surface area (Å²) < 4.78 is 36.3. The van der Waals surface area contributed by atoms with Crippen LogP contribution in [0.4, 0.5) is 13.2 Å². The number of halogens is 3. The molecule has 9 heteroatoms. The van der Waals surface area contributed by atoms with Crippen LogP contribution in [-0.4, -0.2) is 20.7 Å². The maximum atomic E-state index is 12.0. The molecule has 72 valence electrons. The van der Waals surface area contributed by atoms with Gasteiger partial charge in [-0.3, -0.25) is 0 Å². The minimum atomic E-state index is -4.71. The van der Waals surface area contributed by atoms with E-state index in [-0.39, 0.29) is 18.9 Å². The molecule has 1 heterocycles. The van der Waals surface area contributed by atoms with Gasteiger partial charge in [0.1, 0.15) is 5.97 Å². The molecule has 1 aromatic rings. The van der Waals surface area contributed by atoms with Gasteiger partial charge in [-0.05, 0) is 0 Å². The van der Waals surface area contributed by atoms with E-state index in [1.165, 1.54) is 0 Å². The summed E-state index contributed by atoms with van der Waals surface area (Å²) in [4.78, 5) is 12.8. The maximum absolute atomic E-state index is 12.0. The first-order valence-corrected chi connectivity index (χ1v) is 3.02. The first kappa shape index (κ1) is 13.0. The number of carboxylic acids is 1. The number of alkyl halides is 3. The molecule has 0 atom stereocenters. The zero-order valence-corrected chi connectivity index (χ0v) is 7.29. The molecular formula is C5H3F3LiN3O2. The van der Waals surface area contributed by atoms with Crippen molar-refractivity contribution >= 4 is 5.97 Å². The minimum Gasteiger partial charge on any atom is -0.541 e. The average molecular weight is 201 g/mol. The van der Waals surface area contributed by atoms with Crippen LogP contribution in [0.5, 0.6) is 0 Å². The first-order chi connectivity index (χ1) is 5.82. The van der Waals surface area contributed by atoms with Gasteiger partial charge in [-0.1, -0.05) is 0 Å². The van der Waals surface area contributed by atoms with Gasteiger partial charge in [-0.15, -0.1) is 5.10 Å². The Kier molecular flexibility index (Phi) is 3.73. The van der Waals surface area contributed by atoms with Gasteiger partial charge in [0.25, 0.3) is 0 Å². The van der Waals surface area contributed by atoms with Crippen molar-refractivity contribution in [1.29, 1.82) is 0 Å². The molecule has 0 spiro atoms. The molecule has 0 fully saturated rings. The Balaban J connectivity index is 0.00000169. The molecule has 1 aromatic heterocycles. The molecular weight excluding hydrogens is 198 g/mol. The molecule has 0 saturated carbocycles. The van der Waals surface area contributed by atoms with Crippen molar-refractivity contribution in [1.82, 2.24) is 14.8 Å². The molecule has 0 aliphatic rings. The van der Waals surface area contributed by atoms with Crippen LogP contribution < -0.4 is 24.0 Å². The standard InChI is InChI=1S/C5H4F3N3O2.Li/c1-11-4(5(6,7)8)9-2(10-11)3(12)13;/h1H3,(H,12,13);/q;+1/p-1. The SMILES string of the molecule is Cn1nc(C(=O)[O-])nc1C(F)(F)F.[Li+]. The Labute approximate surface area is 88.1 Å². The summed E-state index contributed by atoms with van der Waals surface area (Å²) in [6, 6.07) is 0. The zero-order chi connectivity index (χ0) is 10.2. The molecule has 0 saturated heterocycles. The van der Waals surface area contributed by atoms with Gasteiger partial charge in [0.2, 0.25) is 5.82 Å². The van der Waals surface area contributed by atoms with Crippen molar-refractivity contribution in [3.63, 3.8) is 0 Å². The van der Waals surface area contributed by atoms with Gasteiger partial charge in [0.05, 0.1) is 0 Å². The Morgan fingerprint density at radius 2 is 2.00 bits per heavy atom. The van der Waals surface area contributed by atoms with E-state index >= 15 is 0 Å². The van der Waals surface area contributed by atoms with E-state index in [4.69, 9.17) is 0 Å². The van der Waals surface area contributed by atoms with Crippen LogP contribution in [-0.2, 0) is 13.2 Å². The Morgan fingerprint density at radius 3 is 2.21 bits per heavy atom. The summed E-state index contributed by atoms with van der Waals surface area (Å²) in [7, 11) is 0.947. The van der Waals surface area contributed by atoms with Crippen LogP contribution in [0, 0.1) is 0 Å². The summed E-state index contributed by atoms with van der Waals surface area (Å²) in [5, 5.41) is 13.1. The number of aromatic nitrogens is 3. The Hall–Kier alpha value is -1.00. The van der Waals surface area contributed by atoms with E-state index in [9.17, 15) is 23.1 Å². The number of rotatable bonds is 1. The molecule has 14 heavy (non-hydrogen) atoms. The number of hydrogen-bond donors (Lipinski definition) is 0. The zero-order valence-electron chi connectivity index (χ0n) is 7.29. The smallest absolute Gasteiger partial charge is 0.541 e. The summed E-state index contributed by atoms with van der Waals surface area (Å²) in [5.41, 5.74) is 0. The number of aryl methyl sites for hydroxylation is 1. The summed E-state index contributed by atoms with van der Waals surface area (Å²) >= 11 is 0. The number of aromatic carboxylic acids is 1. The van der Waals surface area contributed by atoms with E-state index in [1.54, 1.807) is 0 Å². The van der Waals surface area contributed by atoms with Gasteiger partial charge in [0, 0.05) is 7.05 Å². The predicted octanol–water partition coefficient (Wildman–Crippen LogP) is -3.80. The van der Waals surface area contributed by atoms with Crippen molar-refractivity contribution in [3.8, 4) is 0 Å². The Morgan fingerprint density at radius 1 is 1.50 bits per heavy atom. The minimum absolute atomic E-state index is 0. The van der Waals surface area contributed by atoms with Crippen molar-refractivity contribution in [3.05, 3.63) is 11.6 Å². The molecule has 0 aliphatic heterocycles. The van der Waals surface area contributed by atoms with Crippen LogP contribution in [0.2, 0.25) is 0 Å². The number of carboxylic acid groups (broad SMARTS) is 1. The largest absolute Gasteiger partial charge is 1.00 e. The molecule has 0 N–H and O–H groups in total. The number of carbonyl (C=O) groups excluding carboxylic acids is 1. The maximum Gasteiger partial charge on any atom is 1.00 e. The predicted molar refractivity (Wildman–Crippen MR) is 30.3 cm³/mol. The molecule has 0 unspecified atom stereocenters. The topological polar surface area (TPSA) is 70.8 Å².